The second-order valence-corrected chi connectivity index (χ2v) is 2.98. The molecule has 0 spiro atoms. The summed E-state index contributed by atoms with van der Waals surface area (Å²) < 4.78 is 0. The molecule has 89 valence electrons. The molecule has 0 aromatic heterocycles. The Morgan fingerprint density at radius 1 is 1.19 bits per heavy atom. The third-order valence-electron chi connectivity index (χ3n) is 1.57. The maximum absolute atomic E-state index is 11.2. The van der Waals surface area contributed by atoms with E-state index in [1.165, 1.54) is 6.29 Å². The monoisotopic (exact) mass is 231 g/mol. The second kappa shape index (κ2) is 6.51. The fourth-order valence-corrected chi connectivity index (χ4v) is 0.856. The topological polar surface area (TPSA) is 147 Å². The van der Waals surface area contributed by atoms with E-state index in [-0.39, 0.29) is 0 Å². The van der Waals surface area contributed by atoms with Gasteiger partial charge in [0.1, 0.15) is 6.04 Å². The number of hydrogen-bond acceptors (Lipinski definition) is 5. The predicted octanol–water partition coefficient (Wildman–Crippen LogP) is -2.14. The van der Waals surface area contributed by atoms with E-state index in [0.717, 1.165) is 0 Å². The van der Waals surface area contributed by atoms with Gasteiger partial charge in [0.15, 0.2) is 0 Å². The average molecular weight is 231 g/mol. The largest absolute Gasteiger partial charge is 0.481 e. The zero-order chi connectivity index (χ0) is 12.7. The molecule has 0 aliphatic heterocycles. The van der Waals surface area contributed by atoms with Crippen LogP contribution >= 0.6 is 0 Å². The molecule has 16 heavy (non-hydrogen) atoms. The molecule has 2 atom stereocenters. The van der Waals surface area contributed by atoms with Crippen LogP contribution in [0.2, 0.25) is 0 Å². The van der Waals surface area contributed by atoms with Gasteiger partial charge in [-0.2, -0.15) is 0 Å². The lowest BCUT2D eigenvalue weighted by molar-refractivity contribution is -0.140. The average Bonchev–Trinajstić information content (AvgIpc) is 2.14. The molecule has 1 amide bonds. The van der Waals surface area contributed by atoms with Crippen LogP contribution in [0.4, 0.5) is 0 Å². The summed E-state index contributed by atoms with van der Waals surface area (Å²) in [5, 5.41) is 18.7. The van der Waals surface area contributed by atoms with Crippen molar-refractivity contribution in [2.45, 2.75) is 24.9 Å². The second-order valence-electron chi connectivity index (χ2n) is 2.98. The summed E-state index contributed by atoms with van der Waals surface area (Å²) in [6.07, 6.45) is 0.0701. The van der Waals surface area contributed by atoms with Gasteiger partial charge < -0.3 is 21.3 Å². The summed E-state index contributed by atoms with van der Waals surface area (Å²) in [5.41, 5.74) is 5.18. The smallest absolute Gasteiger partial charge is 0.305 e. The van der Waals surface area contributed by atoms with Gasteiger partial charge in [-0.15, -0.1) is 0 Å². The van der Waals surface area contributed by atoms with Gasteiger partial charge in [-0.3, -0.25) is 19.2 Å². The van der Waals surface area contributed by atoms with Crippen molar-refractivity contribution in [2.24, 2.45) is 5.73 Å². The highest BCUT2D eigenvalue weighted by atomic mass is 16.4. The van der Waals surface area contributed by atoms with Crippen LogP contribution in [0.1, 0.15) is 12.8 Å². The van der Waals surface area contributed by atoms with Gasteiger partial charge in [-0.25, -0.2) is 0 Å². The highest BCUT2D eigenvalue weighted by Gasteiger charge is 2.21. The Hall–Kier alpha value is -1.96. The van der Waals surface area contributed by atoms with E-state index in [2.05, 4.69) is 0 Å². The van der Waals surface area contributed by atoms with E-state index in [1.54, 1.807) is 0 Å². The van der Waals surface area contributed by atoms with Gasteiger partial charge in [-0.05, 0) is 0 Å². The molecular weight excluding hydrogens is 220 g/mol. The van der Waals surface area contributed by atoms with Crippen molar-refractivity contribution in [3.8, 4) is 0 Å². The lowest BCUT2D eigenvalue weighted by Gasteiger charge is -2.13. The zero-order valence-electron chi connectivity index (χ0n) is 8.17. The van der Waals surface area contributed by atoms with E-state index in [0.29, 0.717) is 0 Å². The first-order chi connectivity index (χ1) is 7.36. The van der Waals surface area contributed by atoms with Crippen molar-refractivity contribution in [1.29, 1.82) is 0 Å². The van der Waals surface area contributed by atoms with Crippen molar-refractivity contribution in [1.82, 2.24) is 5.32 Å². The Kier molecular flexibility index (Phi) is 5.71. The Labute approximate surface area is 90.4 Å². The third-order valence-corrected chi connectivity index (χ3v) is 1.57. The van der Waals surface area contributed by atoms with E-state index in [1.807, 2.05) is 5.32 Å². The van der Waals surface area contributed by atoms with Crippen molar-refractivity contribution in [3.05, 3.63) is 0 Å². The van der Waals surface area contributed by atoms with Gasteiger partial charge >= 0.3 is 11.9 Å². The Bertz CT molecular complexity index is 303. The summed E-state index contributed by atoms with van der Waals surface area (Å²) in [6.45, 7) is 0. The quantitative estimate of drug-likeness (QED) is 0.390. The summed E-state index contributed by atoms with van der Waals surface area (Å²) in [4.78, 5) is 41.9. The van der Waals surface area contributed by atoms with E-state index in [4.69, 9.17) is 15.9 Å². The standard InChI is InChI=1S/C8H11N2O6/c9-5(2-7(14)15)8(16)10-4(3-11)1-6(12)13/h4-5H,1-2,9H2,(H,10,16)(H,12,13)(H,14,15)/t4-,5+/m0/s1. The fraction of sp³-hybridized carbons (Fsp3) is 0.500. The number of carbonyl (C=O) groups is 3. The molecule has 0 fully saturated rings. The Balaban J connectivity index is 4.23. The van der Waals surface area contributed by atoms with Crippen LogP contribution in [0.25, 0.3) is 0 Å². The highest BCUT2D eigenvalue weighted by molar-refractivity contribution is 5.88. The minimum atomic E-state index is -1.33. The van der Waals surface area contributed by atoms with Crippen LogP contribution in [-0.4, -0.2) is 46.4 Å². The predicted molar refractivity (Wildman–Crippen MR) is 50.1 cm³/mol. The molecule has 0 saturated carbocycles. The van der Waals surface area contributed by atoms with E-state index in [9.17, 15) is 19.2 Å². The van der Waals surface area contributed by atoms with Crippen LogP contribution in [0.3, 0.4) is 0 Å². The van der Waals surface area contributed by atoms with Crippen LogP contribution < -0.4 is 11.1 Å². The number of rotatable bonds is 7. The Morgan fingerprint density at radius 3 is 2.06 bits per heavy atom. The molecule has 0 bridgehead atoms. The Morgan fingerprint density at radius 2 is 1.69 bits per heavy atom. The third kappa shape index (κ3) is 5.70. The summed E-state index contributed by atoms with van der Waals surface area (Å²) in [7, 11) is 0. The number of carbonyl (C=O) groups excluding carboxylic acids is 2. The van der Waals surface area contributed by atoms with Crippen LogP contribution in [0.15, 0.2) is 0 Å². The normalized spacial score (nSPS) is 13.6. The molecule has 0 saturated heterocycles. The van der Waals surface area contributed by atoms with Crippen LogP contribution in [0, 0.1) is 0 Å². The SMILES string of the molecule is N[C@H](CC(=O)O)C(=O)N[C@H]([C]=O)CC(=O)O. The number of carboxylic acids is 2. The number of nitrogens with two attached hydrogens (primary N) is 1. The first kappa shape index (κ1) is 14.0. The first-order valence-electron chi connectivity index (χ1n) is 4.24. The molecule has 8 nitrogen and oxygen atoms in total. The summed E-state index contributed by atoms with van der Waals surface area (Å²) in [6, 6.07) is -2.66. The summed E-state index contributed by atoms with van der Waals surface area (Å²) >= 11 is 0. The first-order valence-corrected chi connectivity index (χ1v) is 4.24. The van der Waals surface area contributed by atoms with E-state index >= 15 is 0 Å². The van der Waals surface area contributed by atoms with Crippen molar-refractivity contribution in [2.75, 3.05) is 0 Å². The number of aliphatic carboxylic acids is 2. The van der Waals surface area contributed by atoms with Crippen molar-refractivity contribution in [3.63, 3.8) is 0 Å². The maximum Gasteiger partial charge on any atom is 0.305 e. The maximum atomic E-state index is 11.2. The molecule has 1 radical (unpaired) electrons. The molecular formula is C8H11N2O6. The fourth-order valence-electron chi connectivity index (χ4n) is 0.856. The van der Waals surface area contributed by atoms with Gasteiger partial charge in [0, 0.05) is 0 Å². The molecule has 8 heteroatoms. The zero-order valence-corrected chi connectivity index (χ0v) is 8.17. The lowest BCUT2D eigenvalue weighted by Crippen LogP contribution is -2.47. The molecule has 0 aromatic rings. The number of amides is 1. The molecule has 0 aliphatic rings. The van der Waals surface area contributed by atoms with E-state index < -0.39 is 42.8 Å². The number of carboxylic acid groups (broad SMARTS) is 2. The highest BCUT2D eigenvalue weighted by Crippen LogP contribution is 1.93. The molecule has 0 heterocycles. The van der Waals surface area contributed by atoms with Gasteiger partial charge in [0.25, 0.3) is 0 Å². The van der Waals surface area contributed by atoms with Crippen LogP contribution in [-0.2, 0) is 19.2 Å². The minimum absolute atomic E-state index is 0.607. The lowest BCUT2D eigenvalue weighted by atomic mass is 10.1. The van der Waals surface area contributed by atoms with Gasteiger partial charge in [0.2, 0.25) is 12.2 Å². The molecule has 0 aromatic carbocycles. The molecule has 0 rings (SSSR count). The minimum Gasteiger partial charge on any atom is -0.481 e. The molecule has 0 unspecified atom stereocenters. The van der Waals surface area contributed by atoms with Crippen molar-refractivity contribution >= 4 is 24.1 Å². The summed E-state index contributed by atoms with van der Waals surface area (Å²) in [5.74, 6) is -3.47. The van der Waals surface area contributed by atoms with Crippen molar-refractivity contribution < 1.29 is 29.4 Å². The number of hydrogen-bond donors (Lipinski definition) is 4. The van der Waals surface area contributed by atoms with Gasteiger partial charge in [-0.1, -0.05) is 0 Å². The number of nitrogens with one attached hydrogen (secondary N) is 1. The molecule has 0 aliphatic carbocycles. The van der Waals surface area contributed by atoms with Crippen LogP contribution in [0.5, 0.6) is 0 Å². The van der Waals surface area contributed by atoms with Gasteiger partial charge in [0.05, 0.1) is 18.9 Å². The molecule has 5 N–H and O–H groups in total.